The zero-order chi connectivity index (χ0) is 13.3. The van der Waals surface area contributed by atoms with Crippen molar-refractivity contribution in [2.45, 2.75) is 45.3 Å². The third kappa shape index (κ3) is 4.84. The molecular weight excluding hydrogens is 238 g/mol. The number of hydrogen-bond donors (Lipinski definition) is 1. The first-order valence-electron chi connectivity index (χ1n) is 7.43. The van der Waals surface area contributed by atoms with Gasteiger partial charge >= 0.3 is 0 Å². The lowest BCUT2D eigenvalue weighted by Gasteiger charge is -2.25. The third-order valence-electron chi connectivity index (χ3n) is 3.46. The quantitative estimate of drug-likeness (QED) is 0.694. The molecule has 0 amide bonds. The first kappa shape index (κ1) is 14.4. The van der Waals surface area contributed by atoms with Crippen LogP contribution < -0.4 is 10.1 Å². The van der Waals surface area contributed by atoms with Crippen LogP contribution in [-0.4, -0.2) is 25.9 Å². The number of nitrogens with one attached hydrogen (secondary N) is 1. The highest BCUT2D eigenvalue weighted by Gasteiger charge is 2.17. The summed E-state index contributed by atoms with van der Waals surface area (Å²) in [5.41, 5.74) is 1.22. The Balaban J connectivity index is 1.71. The molecule has 1 aliphatic rings. The van der Waals surface area contributed by atoms with Crippen molar-refractivity contribution in [1.29, 1.82) is 0 Å². The Kier molecular flexibility index (Phi) is 6.18. The van der Waals surface area contributed by atoms with Gasteiger partial charge in [-0.1, -0.05) is 25.1 Å². The van der Waals surface area contributed by atoms with Crippen molar-refractivity contribution in [3.8, 4) is 5.75 Å². The van der Waals surface area contributed by atoms with Crippen LogP contribution in [0.15, 0.2) is 24.3 Å². The Labute approximate surface area is 116 Å². The Bertz CT molecular complexity index is 364. The highest BCUT2D eigenvalue weighted by Crippen LogP contribution is 2.22. The van der Waals surface area contributed by atoms with E-state index in [-0.39, 0.29) is 0 Å². The lowest BCUT2D eigenvalue weighted by Crippen LogP contribution is -2.24. The van der Waals surface area contributed by atoms with E-state index in [1.165, 1.54) is 24.8 Å². The maximum atomic E-state index is 5.82. The average Bonchev–Trinajstić information content (AvgIpc) is 2.38. The molecule has 2 rings (SSSR count). The highest BCUT2D eigenvalue weighted by atomic mass is 16.5. The highest BCUT2D eigenvalue weighted by molar-refractivity contribution is 5.33. The maximum Gasteiger partial charge on any atom is 0.123 e. The van der Waals surface area contributed by atoms with Crippen molar-refractivity contribution in [3.63, 3.8) is 0 Å². The van der Waals surface area contributed by atoms with E-state index in [2.05, 4.69) is 24.4 Å². The normalized spacial score (nSPS) is 15.2. The molecule has 0 heterocycles. The predicted molar refractivity (Wildman–Crippen MR) is 77.5 cm³/mol. The van der Waals surface area contributed by atoms with Crippen molar-refractivity contribution >= 4 is 0 Å². The van der Waals surface area contributed by atoms with E-state index in [4.69, 9.17) is 9.47 Å². The van der Waals surface area contributed by atoms with Gasteiger partial charge in [0.15, 0.2) is 0 Å². The van der Waals surface area contributed by atoms with Crippen LogP contribution in [0.1, 0.15) is 38.2 Å². The molecule has 1 saturated carbocycles. The summed E-state index contributed by atoms with van der Waals surface area (Å²) in [7, 11) is 0. The van der Waals surface area contributed by atoms with E-state index in [0.717, 1.165) is 25.3 Å². The van der Waals surface area contributed by atoms with Crippen LogP contribution in [0.2, 0.25) is 0 Å². The van der Waals surface area contributed by atoms with E-state index in [1.54, 1.807) is 0 Å². The Morgan fingerprint density at radius 2 is 2.05 bits per heavy atom. The maximum absolute atomic E-state index is 5.82. The van der Waals surface area contributed by atoms with E-state index in [0.29, 0.717) is 19.3 Å². The van der Waals surface area contributed by atoms with Crippen LogP contribution in [0, 0.1) is 0 Å². The van der Waals surface area contributed by atoms with Gasteiger partial charge in [0.05, 0.1) is 12.7 Å². The molecule has 19 heavy (non-hydrogen) atoms. The van der Waals surface area contributed by atoms with Gasteiger partial charge in [-0.25, -0.2) is 0 Å². The zero-order valence-corrected chi connectivity index (χ0v) is 11.9. The summed E-state index contributed by atoms with van der Waals surface area (Å²) >= 11 is 0. The molecule has 1 aromatic rings. The first-order chi connectivity index (χ1) is 9.40. The largest absolute Gasteiger partial charge is 0.491 e. The molecule has 0 atom stereocenters. The van der Waals surface area contributed by atoms with Crippen molar-refractivity contribution in [3.05, 3.63) is 29.8 Å². The van der Waals surface area contributed by atoms with Gasteiger partial charge in [-0.3, -0.25) is 0 Å². The van der Waals surface area contributed by atoms with Crippen molar-refractivity contribution in [2.75, 3.05) is 19.8 Å². The SMILES string of the molecule is CCCNCc1ccccc1OCCOC1CCC1. The second-order valence-electron chi connectivity index (χ2n) is 5.06. The number of benzene rings is 1. The zero-order valence-electron chi connectivity index (χ0n) is 11.9. The Hall–Kier alpha value is -1.06. The topological polar surface area (TPSA) is 30.5 Å². The van der Waals surface area contributed by atoms with Crippen LogP contribution in [0.3, 0.4) is 0 Å². The summed E-state index contributed by atoms with van der Waals surface area (Å²) in [4.78, 5) is 0. The van der Waals surface area contributed by atoms with Crippen LogP contribution >= 0.6 is 0 Å². The number of rotatable bonds is 9. The fraction of sp³-hybridized carbons (Fsp3) is 0.625. The molecule has 3 heteroatoms. The lowest BCUT2D eigenvalue weighted by molar-refractivity contribution is -0.0104. The molecule has 0 spiro atoms. The van der Waals surface area contributed by atoms with Crippen molar-refractivity contribution in [1.82, 2.24) is 5.32 Å². The van der Waals surface area contributed by atoms with Gasteiger partial charge in [-0.05, 0) is 38.3 Å². The predicted octanol–water partition coefficient (Wildman–Crippen LogP) is 3.13. The monoisotopic (exact) mass is 263 g/mol. The van der Waals surface area contributed by atoms with E-state index in [9.17, 15) is 0 Å². The minimum absolute atomic E-state index is 0.491. The molecule has 0 saturated heterocycles. The fourth-order valence-corrected chi connectivity index (χ4v) is 2.09. The van der Waals surface area contributed by atoms with Crippen LogP contribution in [-0.2, 0) is 11.3 Å². The minimum atomic E-state index is 0.491. The van der Waals surface area contributed by atoms with Crippen molar-refractivity contribution in [2.24, 2.45) is 0 Å². The molecule has 1 fully saturated rings. The molecule has 0 aliphatic heterocycles. The van der Waals surface area contributed by atoms with Gasteiger partial charge in [-0.15, -0.1) is 0 Å². The van der Waals surface area contributed by atoms with E-state index >= 15 is 0 Å². The van der Waals surface area contributed by atoms with Gasteiger partial charge in [-0.2, -0.15) is 0 Å². The summed E-state index contributed by atoms with van der Waals surface area (Å²) in [6.07, 6.45) is 5.40. The number of ether oxygens (including phenoxy) is 2. The second kappa shape index (κ2) is 8.18. The molecule has 1 aromatic carbocycles. The van der Waals surface area contributed by atoms with Gasteiger partial charge < -0.3 is 14.8 Å². The molecule has 3 nitrogen and oxygen atoms in total. The Morgan fingerprint density at radius 1 is 1.21 bits per heavy atom. The third-order valence-corrected chi connectivity index (χ3v) is 3.46. The molecule has 0 aromatic heterocycles. The molecule has 1 aliphatic carbocycles. The van der Waals surface area contributed by atoms with Gasteiger partial charge in [0.25, 0.3) is 0 Å². The number of hydrogen-bond acceptors (Lipinski definition) is 3. The average molecular weight is 263 g/mol. The van der Waals surface area contributed by atoms with E-state index in [1.807, 2.05) is 12.1 Å². The standard InChI is InChI=1S/C16H25NO2/c1-2-10-17-13-14-6-3-4-9-16(14)19-12-11-18-15-7-5-8-15/h3-4,6,9,15,17H,2,5,7-8,10-13H2,1H3. The fourth-order valence-electron chi connectivity index (χ4n) is 2.09. The summed E-state index contributed by atoms with van der Waals surface area (Å²) < 4.78 is 11.5. The van der Waals surface area contributed by atoms with Gasteiger partial charge in [0.1, 0.15) is 12.4 Å². The second-order valence-corrected chi connectivity index (χ2v) is 5.06. The summed E-state index contributed by atoms with van der Waals surface area (Å²) in [6, 6.07) is 8.23. The summed E-state index contributed by atoms with van der Waals surface area (Å²) in [5, 5.41) is 3.41. The summed E-state index contributed by atoms with van der Waals surface area (Å²) in [5.74, 6) is 0.975. The van der Waals surface area contributed by atoms with Gasteiger partial charge in [0.2, 0.25) is 0 Å². The molecular formula is C16H25NO2. The summed E-state index contributed by atoms with van der Waals surface area (Å²) in [6.45, 7) is 5.42. The van der Waals surface area contributed by atoms with E-state index < -0.39 is 0 Å². The molecule has 0 radical (unpaired) electrons. The molecule has 0 bridgehead atoms. The molecule has 1 N–H and O–H groups in total. The smallest absolute Gasteiger partial charge is 0.123 e. The van der Waals surface area contributed by atoms with Gasteiger partial charge in [0, 0.05) is 12.1 Å². The number of para-hydroxylation sites is 1. The molecule has 0 unspecified atom stereocenters. The lowest BCUT2D eigenvalue weighted by atomic mass is 9.96. The van der Waals surface area contributed by atoms with Crippen molar-refractivity contribution < 1.29 is 9.47 Å². The van der Waals surface area contributed by atoms with Crippen LogP contribution in [0.5, 0.6) is 5.75 Å². The van der Waals surface area contributed by atoms with Crippen LogP contribution in [0.25, 0.3) is 0 Å². The Morgan fingerprint density at radius 3 is 2.79 bits per heavy atom. The molecule has 106 valence electrons. The first-order valence-corrected chi connectivity index (χ1v) is 7.43. The minimum Gasteiger partial charge on any atom is -0.491 e. The van der Waals surface area contributed by atoms with Crippen LogP contribution in [0.4, 0.5) is 0 Å².